The van der Waals surface area contributed by atoms with Crippen molar-refractivity contribution in [3.8, 4) is 0 Å². The molecular weight excluding hydrogens is 501 g/mol. The molecule has 1 aromatic carbocycles. The largest absolute Gasteiger partial charge is 0.433 e. The van der Waals surface area contributed by atoms with Crippen LogP contribution in [0.1, 0.15) is 62.9 Å². The maximum absolute atomic E-state index is 13.5. The Hall–Kier alpha value is -2.16. The zero-order valence-corrected chi connectivity index (χ0v) is 22.4. The minimum Gasteiger partial charge on any atom is -0.337 e. The first kappa shape index (κ1) is 27.9. The molecule has 9 heteroatoms. The number of amides is 1. The maximum Gasteiger partial charge on any atom is 0.433 e. The summed E-state index contributed by atoms with van der Waals surface area (Å²) in [7, 11) is 0. The van der Waals surface area contributed by atoms with Gasteiger partial charge in [-0.25, -0.2) is 0 Å². The Morgan fingerprint density at radius 1 is 1.05 bits per heavy atom. The molecule has 5 nitrogen and oxygen atoms in total. The molecule has 1 unspecified atom stereocenters. The number of piperazine rings is 1. The van der Waals surface area contributed by atoms with Crippen LogP contribution >= 0.6 is 11.6 Å². The molecule has 4 rings (SSSR count). The average Bonchev–Trinajstić information content (AvgIpc) is 2.85. The highest BCUT2D eigenvalue weighted by atomic mass is 35.5. The van der Waals surface area contributed by atoms with E-state index < -0.39 is 11.9 Å². The molecule has 1 N–H and O–H groups in total. The summed E-state index contributed by atoms with van der Waals surface area (Å²) >= 11 is 6.14. The lowest BCUT2D eigenvalue weighted by molar-refractivity contribution is -0.141. The van der Waals surface area contributed by atoms with E-state index in [-0.39, 0.29) is 23.4 Å². The second-order valence-corrected chi connectivity index (χ2v) is 11.7. The minimum atomic E-state index is -4.49. The van der Waals surface area contributed by atoms with Gasteiger partial charge in [0.2, 0.25) is 5.91 Å². The Labute approximate surface area is 222 Å². The minimum absolute atomic E-state index is 0.0346. The van der Waals surface area contributed by atoms with Crippen LogP contribution in [0.4, 0.5) is 13.2 Å². The van der Waals surface area contributed by atoms with Crippen LogP contribution in [0.15, 0.2) is 42.6 Å². The molecular formula is C28H36ClF3N4O. The van der Waals surface area contributed by atoms with Gasteiger partial charge < -0.3 is 10.2 Å². The Kier molecular flexibility index (Phi) is 8.51. The third-order valence-corrected chi connectivity index (χ3v) is 7.85. The van der Waals surface area contributed by atoms with Crippen molar-refractivity contribution in [2.24, 2.45) is 11.3 Å². The van der Waals surface area contributed by atoms with Gasteiger partial charge in [-0.1, -0.05) is 50.6 Å². The van der Waals surface area contributed by atoms with Crippen LogP contribution in [0.25, 0.3) is 0 Å². The van der Waals surface area contributed by atoms with E-state index in [2.05, 4.69) is 36.0 Å². The predicted molar refractivity (Wildman–Crippen MR) is 139 cm³/mol. The smallest absolute Gasteiger partial charge is 0.337 e. The van der Waals surface area contributed by atoms with Gasteiger partial charge in [0, 0.05) is 43.3 Å². The molecule has 2 atom stereocenters. The van der Waals surface area contributed by atoms with Gasteiger partial charge in [0.25, 0.3) is 0 Å². The number of carbonyl (C=O) groups excluding carboxylic acids is 1. The fourth-order valence-electron chi connectivity index (χ4n) is 5.52. The van der Waals surface area contributed by atoms with Crippen molar-refractivity contribution in [1.82, 2.24) is 20.1 Å². The molecule has 1 amide bonds. The van der Waals surface area contributed by atoms with Crippen molar-refractivity contribution in [1.29, 1.82) is 0 Å². The van der Waals surface area contributed by atoms with Crippen molar-refractivity contribution in [2.75, 3.05) is 32.7 Å². The number of benzene rings is 1. The number of rotatable bonds is 5. The van der Waals surface area contributed by atoms with Crippen molar-refractivity contribution in [3.05, 3.63) is 64.4 Å². The van der Waals surface area contributed by atoms with E-state index in [0.29, 0.717) is 42.6 Å². The van der Waals surface area contributed by atoms with Gasteiger partial charge in [-0.2, -0.15) is 13.2 Å². The molecule has 2 saturated heterocycles. The molecule has 2 aromatic rings. The fraction of sp³-hybridized carbons (Fsp3) is 0.571. The topological polar surface area (TPSA) is 48.5 Å². The van der Waals surface area contributed by atoms with Crippen molar-refractivity contribution in [2.45, 2.75) is 58.3 Å². The molecule has 2 fully saturated rings. The Morgan fingerprint density at radius 2 is 1.70 bits per heavy atom. The number of halogens is 4. The van der Waals surface area contributed by atoms with E-state index in [4.69, 9.17) is 11.6 Å². The average molecular weight is 537 g/mol. The Balaban J connectivity index is 1.61. The van der Waals surface area contributed by atoms with E-state index >= 15 is 0 Å². The monoisotopic (exact) mass is 536 g/mol. The lowest BCUT2D eigenvalue weighted by Crippen LogP contribution is -2.60. The quantitative estimate of drug-likeness (QED) is 0.525. The lowest BCUT2D eigenvalue weighted by atomic mass is 9.82. The van der Waals surface area contributed by atoms with Crippen LogP contribution < -0.4 is 5.32 Å². The number of pyridine rings is 1. The summed E-state index contributed by atoms with van der Waals surface area (Å²) in [6.07, 6.45) is -0.566. The molecule has 37 heavy (non-hydrogen) atoms. The van der Waals surface area contributed by atoms with Crippen LogP contribution in [0.5, 0.6) is 0 Å². The molecule has 0 aliphatic carbocycles. The predicted octanol–water partition coefficient (Wildman–Crippen LogP) is 5.79. The van der Waals surface area contributed by atoms with Gasteiger partial charge in [0.15, 0.2) is 0 Å². The van der Waals surface area contributed by atoms with E-state index in [1.54, 1.807) is 12.1 Å². The highest BCUT2D eigenvalue weighted by molar-refractivity contribution is 6.30. The summed E-state index contributed by atoms with van der Waals surface area (Å²) in [6.45, 7) is 10.1. The van der Waals surface area contributed by atoms with Gasteiger partial charge in [-0.05, 0) is 66.6 Å². The number of aromatic nitrogens is 1. The molecule has 0 saturated carbocycles. The summed E-state index contributed by atoms with van der Waals surface area (Å²) in [6, 6.07) is 9.61. The van der Waals surface area contributed by atoms with Crippen molar-refractivity contribution < 1.29 is 18.0 Å². The highest BCUT2D eigenvalue weighted by Crippen LogP contribution is 2.37. The summed E-state index contributed by atoms with van der Waals surface area (Å²) in [5, 5.41) is 3.95. The van der Waals surface area contributed by atoms with E-state index in [1.807, 2.05) is 17.0 Å². The molecule has 0 spiro atoms. The van der Waals surface area contributed by atoms with Crippen LogP contribution in [0, 0.1) is 11.3 Å². The van der Waals surface area contributed by atoms with Gasteiger partial charge in [0.1, 0.15) is 5.69 Å². The lowest BCUT2D eigenvalue weighted by Gasteiger charge is -2.49. The number of piperidine rings is 1. The first-order valence-corrected chi connectivity index (χ1v) is 13.3. The zero-order valence-electron chi connectivity index (χ0n) is 21.7. The Morgan fingerprint density at radius 3 is 2.27 bits per heavy atom. The van der Waals surface area contributed by atoms with Gasteiger partial charge in [-0.3, -0.25) is 14.7 Å². The highest BCUT2D eigenvalue weighted by Gasteiger charge is 2.41. The van der Waals surface area contributed by atoms with E-state index in [1.165, 1.54) is 12.3 Å². The first-order valence-electron chi connectivity index (χ1n) is 13.0. The number of alkyl halides is 3. The van der Waals surface area contributed by atoms with Crippen LogP contribution in [-0.2, 0) is 11.0 Å². The molecule has 2 aliphatic heterocycles. The van der Waals surface area contributed by atoms with Crippen molar-refractivity contribution >= 4 is 17.5 Å². The first-order chi connectivity index (χ1) is 17.4. The number of nitrogens with one attached hydrogen (secondary N) is 1. The summed E-state index contributed by atoms with van der Waals surface area (Å²) < 4.78 is 39.6. The molecule has 0 radical (unpaired) electrons. The van der Waals surface area contributed by atoms with Gasteiger partial charge in [0.05, 0.1) is 6.04 Å². The standard InChI is InChI=1S/C28H36ClF3N4O/c1-27(2,3)24-18-35(14-15-36(24)25(37)16-19-10-12-33-13-11-19)26(20-4-7-22(29)8-5-20)21-6-9-23(34-17-21)28(30,31)32/h4-9,17,19,24,26,33H,10-16,18H2,1-3H3/t24-,26?/m1/s1. The zero-order chi connectivity index (χ0) is 26.8. The number of nitrogens with zero attached hydrogens (tertiary/aromatic N) is 3. The van der Waals surface area contributed by atoms with E-state index in [9.17, 15) is 18.0 Å². The second kappa shape index (κ2) is 11.3. The SMILES string of the molecule is CC(C)(C)[C@H]1CN(C(c2ccc(Cl)cc2)c2ccc(C(F)(F)F)nc2)CCN1C(=O)CC1CCNCC1. The fourth-order valence-corrected chi connectivity index (χ4v) is 5.65. The molecule has 1 aromatic heterocycles. The molecule has 202 valence electrons. The Bertz CT molecular complexity index is 1050. The third-order valence-electron chi connectivity index (χ3n) is 7.60. The maximum atomic E-state index is 13.5. The number of carbonyl (C=O) groups is 1. The summed E-state index contributed by atoms with van der Waals surface area (Å²) in [5.41, 5.74) is 0.517. The molecule has 3 heterocycles. The third kappa shape index (κ3) is 6.84. The van der Waals surface area contributed by atoms with Crippen molar-refractivity contribution in [3.63, 3.8) is 0 Å². The summed E-state index contributed by atoms with van der Waals surface area (Å²) in [5.74, 6) is 0.609. The summed E-state index contributed by atoms with van der Waals surface area (Å²) in [4.78, 5) is 21.5. The number of hydrogen-bond donors (Lipinski definition) is 1. The molecule has 2 aliphatic rings. The van der Waals surface area contributed by atoms with Gasteiger partial charge >= 0.3 is 6.18 Å². The second-order valence-electron chi connectivity index (χ2n) is 11.3. The molecule has 0 bridgehead atoms. The van der Waals surface area contributed by atoms with Crippen LogP contribution in [-0.4, -0.2) is 59.5 Å². The van der Waals surface area contributed by atoms with E-state index in [0.717, 1.165) is 37.6 Å². The van der Waals surface area contributed by atoms with Crippen LogP contribution in [0.2, 0.25) is 5.02 Å². The normalized spacial score (nSPS) is 21.2. The van der Waals surface area contributed by atoms with Gasteiger partial charge in [-0.15, -0.1) is 0 Å². The van der Waals surface area contributed by atoms with Crippen LogP contribution in [0.3, 0.4) is 0 Å². The number of hydrogen-bond acceptors (Lipinski definition) is 4.